The van der Waals surface area contributed by atoms with Crippen LogP contribution in [0.3, 0.4) is 0 Å². The van der Waals surface area contributed by atoms with Gasteiger partial charge >= 0.3 is 0 Å². The van der Waals surface area contributed by atoms with Crippen molar-refractivity contribution in [1.29, 1.82) is 0 Å². The highest BCUT2D eigenvalue weighted by molar-refractivity contribution is 5.46. The van der Waals surface area contributed by atoms with Gasteiger partial charge in [-0.05, 0) is 12.8 Å². The number of aromatic hydroxyl groups is 1. The fourth-order valence-corrected chi connectivity index (χ4v) is 2.48. The average molecular weight is 221 g/mol. The normalized spacial score (nSPS) is 18.1. The predicted molar refractivity (Wildman–Crippen MR) is 63.4 cm³/mol. The van der Waals surface area contributed by atoms with Crippen LogP contribution in [0.5, 0.6) is 5.75 Å². The van der Waals surface area contributed by atoms with Crippen molar-refractivity contribution in [1.82, 2.24) is 0 Å². The Morgan fingerprint density at radius 3 is 2.69 bits per heavy atom. The molecule has 1 saturated carbocycles. The van der Waals surface area contributed by atoms with Gasteiger partial charge in [-0.3, -0.25) is 0 Å². The maximum absolute atomic E-state index is 10.2. The quantitative estimate of drug-likeness (QED) is 0.816. The number of phenolic OH excluding ortho intramolecular Hbond substituents is 1. The molecule has 0 spiro atoms. The second kappa shape index (κ2) is 4.44. The second-order valence-corrected chi connectivity index (χ2v) is 4.58. The number of ether oxygens (including phenoxy) is 1. The van der Waals surface area contributed by atoms with Gasteiger partial charge < -0.3 is 15.6 Å². The molecule has 3 heteroatoms. The summed E-state index contributed by atoms with van der Waals surface area (Å²) in [5, 5.41) is 10.2. The van der Waals surface area contributed by atoms with Crippen LogP contribution in [0.4, 0.5) is 0 Å². The molecule has 0 heterocycles. The summed E-state index contributed by atoms with van der Waals surface area (Å²) in [6.07, 6.45) is 3.35. The first-order valence-corrected chi connectivity index (χ1v) is 5.74. The van der Waals surface area contributed by atoms with Crippen molar-refractivity contribution in [3.05, 3.63) is 29.3 Å². The van der Waals surface area contributed by atoms with Gasteiger partial charge in [0, 0.05) is 30.2 Å². The lowest BCUT2D eigenvalue weighted by Gasteiger charge is -2.42. The molecule has 0 saturated heterocycles. The van der Waals surface area contributed by atoms with Crippen molar-refractivity contribution < 1.29 is 9.84 Å². The fourth-order valence-electron chi connectivity index (χ4n) is 2.48. The first-order chi connectivity index (χ1) is 7.73. The third kappa shape index (κ3) is 1.70. The number of hydrogen-bond donors (Lipinski definition) is 2. The first-order valence-electron chi connectivity index (χ1n) is 5.74. The molecule has 3 N–H and O–H groups in total. The zero-order valence-corrected chi connectivity index (χ0v) is 9.70. The summed E-state index contributed by atoms with van der Waals surface area (Å²) in [6.45, 7) is 1.05. The number of phenols is 1. The second-order valence-electron chi connectivity index (χ2n) is 4.58. The largest absolute Gasteiger partial charge is 0.507 e. The lowest BCUT2D eigenvalue weighted by Crippen LogP contribution is -2.41. The molecule has 0 atom stereocenters. The van der Waals surface area contributed by atoms with E-state index in [1.165, 1.54) is 6.42 Å². The van der Waals surface area contributed by atoms with E-state index in [1.54, 1.807) is 7.11 Å². The van der Waals surface area contributed by atoms with E-state index in [0.717, 1.165) is 24.0 Å². The standard InChI is InChI=1S/C13H19NO2/c1-16-8-10-4-2-5-11(12(10)15)13(9-14)6-3-7-13/h2,4-5,15H,3,6-9,14H2,1H3. The predicted octanol–water partition coefficient (Wildman–Crippen LogP) is 1.92. The fraction of sp³-hybridized carbons (Fsp3) is 0.538. The lowest BCUT2D eigenvalue weighted by atomic mass is 9.64. The van der Waals surface area contributed by atoms with Crippen molar-refractivity contribution in [2.45, 2.75) is 31.3 Å². The Labute approximate surface area is 96.2 Å². The molecule has 0 unspecified atom stereocenters. The van der Waals surface area contributed by atoms with E-state index in [-0.39, 0.29) is 5.41 Å². The number of hydrogen-bond acceptors (Lipinski definition) is 3. The van der Waals surface area contributed by atoms with Crippen LogP contribution in [0.2, 0.25) is 0 Å². The Hall–Kier alpha value is -1.06. The maximum atomic E-state index is 10.2. The summed E-state index contributed by atoms with van der Waals surface area (Å²) in [7, 11) is 1.63. The molecular weight excluding hydrogens is 202 g/mol. The number of rotatable bonds is 4. The highest BCUT2D eigenvalue weighted by atomic mass is 16.5. The van der Waals surface area contributed by atoms with Crippen LogP contribution in [-0.2, 0) is 16.8 Å². The molecular formula is C13H19NO2. The molecule has 16 heavy (non-hydrogen) atoms. The molecule has 0 bridgehead atoms. The molecule has 3 nitrogen and oxygen atoms in total. The Morgan fingerprint density at radius 2 is 2.19 bits per heavy atom. The monoisotopic (exact) mass is 221 g/mol. The van der Waals surface area contributed by atoms with Crippen molar-refractivity contribution in [2.24, 2.45) is 5.73 Å². The Balaban J connectivity index is 2.37. The summed E-state index contributed by atoms with van der Waals surface area (Å²) < 4.78 is 5.07. The third-order valence-electron chi connectivity index (χ3n) is 3.69. The van der Waals surface area contributed by atoms with Gasteiger partial charge in [0.05, 0.1) is 6.61 Å². The maximum Gasteiger partial charge on any atom is 0.124 e. The van der Waals surface area contributed by atoms with E-state index < -0.39 is 0 Å². The Morgan fingerprint density at radius 1 is 1.44 bits per heavy atom. The van der Waals surface area contributed by atoms with Crippen LogP contribution >= 0.6 is 0 Å². The molecule has 1 fully saturated rings. The van der Waals surface area contributed by atoms with Crippen molar-refractivity contribution >= 4 is 0 Å². The molecule has 1 aromatic carbocycles. The summed E-state index contributed by atoms with van der Waals surface area (Å²) in [5.41, 5.74) is 7.70. The van der Waals surface area contributed by atoms with Gasteiger partial charge in [-0.1, -0.05) is 24.6 Å². The van der Waals surface area contributed by atoms with E-state index >= 15 is 0 Å². The lowest BCUT2D eigenvalue weighted by molar-refractivity contribution is 0.180. The van der Waals surface area contributed by atoms with E-state index in [0.29, 0.717) is 18.9 Å². The van der Waals surface area contributed by atoms with Gasteiger partial charge in [0.1, 0.15) is 5.75 Å². The van der Waals surface area contributed by atoms with Crippen LogP contribution in [0.15, 0.2) is 18.2 Å². The van der Waals surface area contributed by atoms with E-state index in [1.807, 2.05) is 18.2 Å². The van der Waals surface area contributed by atoms with Gasteiger partial charge in [0.15, 0.2) is 0 Å². The Bertz CT molecular complexity index is 367. The molecule has 1 aliphatic rings. The van der Waals surface area contributed by atoms with Gasteiger partial charge in [0.25, 0.3) is 0 Å². The van der Waals surface area contributed by atoms with Crippen LogP contribution in [0.25, 0.3) is 0 Å². The summed E-state index contributed by atoms with van der Waals surface area (Å²) in [4.78, 5) is 0. The van der Waals surface area contributed by atoms with Crippen molar-refractivity contribution in [3.8, 4) is 5.75 Å². The highest BCUT2D eigenvalue weighted by Crippen LogP contribution is 2.46. The van der Waals surface area contributed by atoms with E-state index in [9.17, 15) is 5.11 Å². The smallest absolute Gasteiger partial charge is 0.124 e. The number of methoxy groups -OCH3 is 1. The van der Waals surface area contributed by atoms with E-state index in [2.05, 4.69) is 0 Å². The highest BCUT2D eigenvalue weighted by Gasteiger charge is 2.39. The van der Waals surface area contributed by atoms with Gasteiger partial charge in [-0.25, -0.2) is 0 Å². The van der Waals surface area contributed by atoms with Crippen LogP contribution < -0.4 is 5.73 Å². The van der Waals surface area contributed by atoms with E-state index in [4.69, 9.17) is 10.5 Å². The van der Waals surface area contributed by atoms with Crippen LogP contribution in [-0.4, -0.2) is 18.8 Å². The Kier molecular flexibility index (Phi) is 3.17. The molecule has 0 aromatic heterocycles. The first kappa shape index (κ1) is 11.4. The minimum Gasteiger partial charge on any atom is -0.507 e. The van der Waals surface area contributed by atoms with Crippen LogP contribution in [0, 0.1) is 0 Å². The average Bonchev–Trinajstić information content (AvgIpc) is 2.23. The molecule has 1 aliphatic carbocycles. The summed E-state index contributed by atoms with van der Waals surface area (Å²) >= 11 is 0. The molecule has 0 aliphatic heterocycles. The number of nitrogens with two attached hydrogens (primary N) is 1. The number of benzene rings is 1. The molecule has 0 radical (unpaired) electrons. The van der Waals surface area contributed by atoms with Gasteiger partial charge in [-0.15, -0.1) is 0 Å². The molecule has 1 aromatic rings. The van der Waals surface area contributed by atoms with Crippen molar-refractivity contribution in [3.63, 3.8) is 0 Å². The minimum atomic E-state index is 0.00777. The third-order valence-corrected chi connectivity index (χ3v) is 3.69. The molecule has 2 rings (SSSR count). The zero-order valence-electron chi connectivity index (χ0n) is 9.70. The molecule has 0 amide bonds. The minimum absolute atomic E-state index is 0.00777. The zero-order chi connectivity index (χ0) is 11.6. The molecule has 88 valence electrons. The van der Waals surface area contributed by atoms with Gasteiger partial charge in [-0.2, -0.15) is 0 Å². The summed E-state index contributed by atoms with van der Waals surface area (Å²) in [6, 6.07) is 5.85. The summed E-state index contributed by atoms with van der Waals surface area (Å²) in [5.74, 6) is 0.370. The van der Waals surface area contributed by atoms with Crippen LogP contribution in [0.1, 0.15) is 30.4 Å². The topological polar surface area (TPSA) is 55.5 Å². The van der Waals surface area contributed by atoms with Crippen molar-refractivity contribution in [2.75, 3.05) is 13.7 Å². The van der Waals surface area contributed by atoms with Gasteiger partial charge in [0.2, 0.25) is 0 Å². The number of para-hydroxylation sites is 1. The SMILES string of the molecule is COCc1cccc(C2(CN)CCC2)c1O.